The van der Waals surface area contributed by atoms with Crippen LogP contribution in [0.15, 0.2) is 60.7 Å². The number of rotatable bonds is 4. The Labute approximate surface area is 199 Å². The molecule has 0 fully saturated rings. The van der Waals surface area contributed by atoms with Crippen LogP contribution in [0.4, 0.5) is 5.00 Å². The monoisotopic (exact) mass is 470 g/mol. The molecule has 1 N–H and O–H groups in total. The van der Waals surface area contributed by atoms with E-state index in [-0.39, 0.29) is 5.91 Å². The molecule has 5 aromatic rings. The highest BCUT2D eigenvalue weighted by Gasteiger charge is 2.26. The number of aryl methyl sites for hydroxylation is 1. The molecular formula is C27H22N2O2S2. The number of carbonyl (C=O) groups excluding carboxylic acids is 1. The second-order valence-electron chi connectivity index (χ2n) is 8.26. The predicted octanol–water partition coefficient (Wildman–Crippen LogP) is 7.32. The summed E-state index contributed by atoms with van der Waals surface area (Å²) < 4.78 is 6.74. The Balaban J connectivity index is 1.45. The number of thiazole rings is 1. The summed E-state index contributed by atoms with van der Waals surface area (Å²) >= 11 is 3.39. The molecule has 2 heterocycles. The lowest BCUT2D eigenvalue weighted by Crippen LogP contribution is -2.13. The van der Waals surface area contributed by atoms with Gasteiger partial charge in [-0.15, -0.1) is 22.7 Å². The summed E-state index contributed by atoms with van der Waals surface area (Å²) in [6.45, 7) is 0. The third kappa shape index (κ3) is 3.59. The zero-order valence-corrected chi connectivity index (χ0v) is 19.8. The number of hydrogen-bond donors (Lipinski definition) is 1. The van der Waals surface area contributed by atoms with Gasteiger partial charge in [-0.3, -0.25) is 4.79 Å². The van der Waals surface area contributed by atoms with Gasteiger partial charge in [-0.1, -0.05) is 36.4 Å². The van der Waals surface area contributed by atoms with Crippen molar-refractivity contribution in [3.8, 4) is 16.3 Å². The quantitative estimate of drug-likeness (QED) is 0.299. The fourth-order valence-electron chi connectivity index (χ4n) is 4.60. The molecule has 0 unspecified atom stereocenters. The third-order valence-corrected chi connectivity index (χ3v) is 8.48. The highest BCUT2D eigenvalue weighted by molar-refractivity contribution is 7.23. The van der Waals surface area contributed by atoms with E-state index in [0.717, 1.165) is 49.4 Å². The summed E-state index contributed by atoms with van der Waals surface area (Å²) in [5.41, 5.74) is 4.00. The minimum Gasteiger partial charge on any atom is -0.496 e. The average Bonchev–Trinajstić information content (AvgIpc) is 3.43. The molecule has 6 rings (SSSR count). The molecule has 0 saturated heterocycles. The van der Waals surface area contributed by atoms with E-state index in [0.29, 0.717) is 11.3 Å². The predicted molar refractivity (Wildman–Crippen MR) is 138 cm³/mol. The minimum atomic E-state index is -0.154. The summed E-state index contributed by atoms with van der Waals surface area (Å²) in [5, 5.41) is 7.17. The van der Waals surface area contributed by atoms with Crippen molar-refractivity contribution >= 4 is 54.6 Å². The fourth-order valence-corrected chi connectivity index (χ4v) is 6.99. The van der Waals surface area contributed by atoms with Crippen LogP contribution in [0.25, 0.3) is 31.6 Å². The third-order valence-electron chi connectivity index (χ3n) is 6.22. The maximum atomic E-state index is 13.5. The van der Waals surface area contributed by atoms with E-state index in [9.17, 15) is 4.79 Å². The van der Waals surface area contributed by atoms with Gasteiger partial charge in [0.15, 0.2) is 0 Å². The number of thiophene rings is 1. The lowest BCUT2D eigenvalue weighted by molar-refractivity contribution is 0.102. The number of ether oxygens (including phenoxy) is 1. The standard InChI is InChI=1S/C27H22N2O2S2/c1-31-21-15-17-9-3-2-8-16(17)14-19(21)25(30)29-27-24(18-10-4-6-12-22(18)32-27)26-28-20-11-5-7-13-23(20)33-26/h2-3,5,7-9,11,13-15H,4,6,10,12H2,1H3,(H,29,30). The molecule has 4 nitrogen and oxygen atoms in total. The Kier molecular flexibility index (Phi) is 5.12. The number of nitrogens with zero attached hydrogens (tertiary/aromatic N) is 1. The number of carbonyl (C=O) groups is 1. The summed E-state index contributed by atoms with van der Waals surface area (Å²) in [4.78, 5) is 19.8. The van der Waals surface area contributed by atoms with E-state index in [2.05, 4.69) is 11.4 Å². The van der Waals surface area contributed by atoms with Crippen molar-refractivity contribution in [1.29, 1.82) is 0 Å². The van der Waals surface area contributed by atoms with Gasteiger partial charge in [0.25, 0.3) is 5.91 Å². The van der Waals surface area contributed by atoms with E-state index in [1.165, 1.54) is 23.3 Å². The van der Waals surface area contributed by atoms with E-state index < -0.39 is 0 Å². The normalized spacial score (nSPS) is 13.2. The number of nitrogens with one attached hydrogen (secondary N) is 1. The molecule has 1 aliphatic rings. The first kappa shape index (κ1) is 20.4. The first-order valence-electron chi connectivity index (χ1n) is 11.1. The SMILES string of the molecule is COc1cc2ccccc2cc1C(=O)Nc1sc2c(c1-c1nc3ccccc3s1)CCCC2. The first-order valence-corrected chi connectivity index (χ1v) is 12.7. The Morgan fingerprint density at radius 3 is 2.55 bits per heavy atom. The highest BCUT2D eigenvalue weighted by Crippen LogP contribution is 2.46. The van der Waals surface area contributed by atoms with Crippen LogP contribution in [0.3, 0.4) is 0 Å². The number of benzene rings is 3. The second kappa shape index (κ2) is 8.28. The number of methoxy groups -OCH3 is 1. The lowest BCUT2D eigenvalue weighted by atomic mass is 9.95. The smallest absolute Gasteiger partial charge is 0.260 e. The maximum Gasteiger partial charge on any atom is 0.260 e. The van der Waals surface area contributed by atoms with Crippen LogP contribution in [0.2, 0.25) is 0 Å². The van der Waals surface area contributed by atoms with Crippen LogP contribution in [0, 0.1) is 0 Å². The van der Waals surface area contributed by atoms with Crippen molar-refractivity contribution in [2.75, 3.05) is 12.4 Å². The first-order chi connectivity index (χ1) is 16.2. The number of anilines is 1. The highest BCUT2D eigenvalue weighted by atomic mass is 32.1. The summed E-state index contributed by atoms with van der Waals surface area (Å²) in [7, 11) is 1.61. The molecule has 2 aromatic heterocycles. The molecule has 0 atom stereocenters. The van der Waals surface area contributed by atoms with Crippen LogP contribution >= 0.6 is 22.7 Å². The van der Waals surface area contributed by atoms with Gasteiger partial charge >= 0.3 is 0 Å². The largest absolute Gasteiger partial charge is 0.496 e. The minimum absolute atomic E-state index is 0.154. The average molecular weight is 471 g/mol. The maximum absolute atomic E-state index is 13.5. The van der Waals surface area contributed by atoms with E-state index >= 15 is 0 Å². The molecule has 0 aliphatic heterocycles. The molecule has 0 spiro atoms. The van der Waals surface area contributed by atoms with Crippen molar-refractivity contribution in [3.63, 3.8) is 0 Å². The number of amides is 1. The number of para-hydroxylation sites is 1. The van der Waals surface area contributed by atoms with Gasteiger partial charge in [-0.2, -0.15) is 0 Å². The molecule has 0 saturated carbocycles. The Morgan fingerprint density at radius 1 is 0.970 bits per heavy atom. The molecule has 0 radical (unpaired) electrons. The Bertz CT molecular complexity index is 1480. The van der Waals surface area contributed by atoms with Crippen LogP contribution < -0.4 is 10.1 Å². The van der Waals surface area contributed by atoms with Gasteiger partial charge in [0.1, 0.15) is 15.8 Å². The molecule has 1 amide bonds. The number of fused-ring (bicyclic) bond motifs is 3. The zero-order valence-electron chi connectivity index (χ0n) is 18.2. The van der Waals surface area contributed by atoms with Gasteiger partial charge in [-0.25, -0.2) is 4.98 Å². The Hall–Kier alpha value is -3.22. The molecule has 1 aliphatic carbocycles. The number of hydrogen-bond acceptors (Lipinski definition) is 5. The molecule has 164 valence electrons. The summed E-state index contributed by atoms with van der Waals surface area (Å²) in [6, 6.07) is 20.1. The Morgan fingerprint density at radius 2 is 1.73 bits per heavy atom. The van der Waals surface area contributed by atoms with Gasteiger partial charge in [0.2, 0.25) is 0 Å². The molecule has 3 aromatic carbocycles. The second-order valence-corrected chi connectivity index (χ2v) is 10.4. The fraction of sp³-hybridized carbons (Fsp3) is 0.185. The van der Waals surface area contributed by atoms with Crippen molar-refractivity contribution in [2.24, 2.45) is 0 Å². The van der Waals surface area contributed by atoms with E-state index in [1.807, 2.05) is 54.6 Å². The van der Waals surface area contributed by atoms with Crippen molar-refractivity contribution < 1.29 is 9.53 Å². The molecular weight excluding hydrogens is 448 g/mol. The van der Waals surface area contributed by atoms with Crippen molar-refractivity contribution in [2.45, 2.75) is 25.7 Å². The topological polar surface area (TPSA) is 51.2 Å². The summed E-state index contributed by atoms with van der Waals surface area (Å²) in [6.07, 6.45) is 4.46. The zero-order chi connectivity index (χ0) is 22.4. The van der Waals surface area contributed by atoms with Crippen LogP contribution in [0.5, 0.6) is 5.75 Å². The summed E-state index contributed by atoms with van der Waals surface area (Å²) in [5.74, 6) is 0.424. The molecule has 0 bridgehead atoms. The van der Waals surface area contributed by atoms with Gasteiger partial charge in [0.05, 0.1) is 22.9 Å². The van der Waals surface area contributed by atoms with E-state index in [4.69, 9.17) is 9.72 Å². The molecule has 33 heavy (non-hydrogen) atoms. The van der Waals surface area contributed by atoms with Crippen LogP contribution in [0.1, 0.15) is 33.6 Å². The van der Waals surface area contributed by atoms with Gasteiger partial charge in [0, 0.05) is 10.4 Å². The van der Waals surface area contributed by atoms with E-state index in [1.54, 1.807) is 29.8 Å². The van der Waals surface area contributed by atoms with Gasteiger partial charge < -0.3 is 10.1 Å². The number of aromatic nitrogens is 1. The van der Waals surface area contributed by atoms with Crippen molar-refractivity contribution in [1.82, 2.24) is 4.98 Å². The van der Waals surface area contributed by atoms with Crippen LogP contribution in [-0.2, 0) is 12.8 Å². The van der Waals surface area contributed by atoms with Crippen molar-refractivity contribution in [3.05, 3.63) is 76.7 Å². The van der Waals surface area contributed by atoms with Gasteiger partial charge in [-0.05, 0) is 66.3 Å². The lowest BCUT2D eigenvalue weighted by Gasteiger charge is -2.12. The molecule has 6 heteroatoms. The van der Waals surface area contributed by atoms with Crippen LogP contribution in [-0.4, -0.2) is 18.0 Å².